The number of fused-ring (bicyclic) bond motifs is 1. The lowest BCUT2D eigenvalue weighted by Crippen LogP contribution is -2.23. The second-order valence-electron chi connectivity index (χ2n) is 4.37. The lowest BCUT2D eigenvalue weighted by molar-refractivity contribution is -0.140. The Morgan fingerprint density at radius 1 is 1.26 bits per heavy atom. The predicted molar refractivity (Wildman–Crippen MR) is 74.2 cm³/mol. The second kappa shape index (κ2) is 5.65. The first-order chi connectivity index (χ1) is 9.11. The van der Waals surface area contributed by atoms with Crippen molar-refractivity contribution in [2.75, 3.05) is 25.6 Å². The first kappa shape index (κ1) is 13.3. The Kier molecular flexibility index (Phi) is 3.94. The van der Waals surface area contributed by atoms with Crippen LogP contribution in [-0.4, -0.2) is 36.6 Å². The Balaban J connectivity index is 2.23. The predicted octanol–water partition coefficient (Wildman–Crippen LogP) is 1.94. The number of carbonyl (C=O) groups excluding carboxylic acids is 1. The highest BCUT2D eigenvalue weighted by Gasteiger charge is 2.11. The fraction of sp³-hybridized carbons (Fsp3) is 0.357. The first-order valence-electron chi connectivity index (χ1n) is 6.13. The lowest BCUT2D eigenvalue weighted by atomic mass is 10.3. The Morgan fingerprint density at radius 2 is 1.89 bits per heavy atom. The number of aryl methyl sites for hydroxylation is 1. The number of rotatable bonds is 4. The summed E-state index contributed by atoms with van der Waals surface area (Å²) >= 11 is 0. The van der Waals surface area contributed by atoms with E-state index in [1.165, 1.54) is 7.11 Å². The molecule has 1 aromatic carbocycles. The fourth-order valence-corrected chi connectivity index (χ4v) is 1.91. The highest BCUT2D eigenvalue weighted by molar-refractivity contribution is 5.76. The second-order valence-corrected chi connectivity index (χ2v) is 4.37. The molecule has 0 radical (unpaired) electrons. The van der Waals surface area contributed by atoms with Gasteiger partial charge in [-0.15, -0.1) is 0 Å². The van der Waals surface area contributed by atoms with Gasteiger partial charge in [0.05, 0.1) is 30.3 Å². The summed E-state index contributed by atoms with van der Waals surface area (Å²) in [6.45, 7) is 2.48. The number of ether oxygens (including phenoxy) is 1. The van der Waals surface area contributed by atoms with Crippen LogP contribution in [0.5, 0.6) is 0 Å². The average molecular weight is 259 g/mol. The van der Waals surface area contributed by atoms with Gasteiger partial charge in [0.2, 0.25) is 0 Å². The van der Waals surface area contributed by atoms with Crippen molar-refractivity contribution in [1.82, 2.24) is 9.97 Å². The molecule has 5 heteroatoms. The molecule has 2 aromatic rings. The van der Waals surface area contributed by atoms with Crippen LogP contribution in [0.15, 0.2) is 24.3 Å². The number of para-hydroxylation sites is 2. The summed E-state index contributed by atoms with van der Waals surface area (Å²) in [4.78, 5) is 22.2. The molecule has 0 fully saturated rings. The van der Waals surface area contributed by atoms with Crippen LogP contribution in [0, 0.1) is 6.92 Å². The monoisotopic (exact) mass is 259 g/mol. The van der Waals surface area contributed by atoms with Gasteiger partial charge in [-0.3, -0.25) is 4.79 Å². The molecule has 5 nitrogen and oxygen atoms in total. The minimum absolute atomic E-state index is 0.224. The zero-order valence-electron chi connectivity index (χ0n) is 11.4. The van der Waals surface area contributed by atoms with Crippen LogP contribution in [0.1, 0.15) is 12.1 Å². The van der Waals surface area contributed by atoms with Gasteiger partial charge in [-0.25, -0.2) is 9.97 Å². The molecule has 0 atom stereocenters. The molecule has 0 aliphatic heterocycles. The van der Waals surface area contributed by atoms with Crippen LogP contribution in [-0.2, 0) is 9.53 Å². The van der Waals surface area contributed by atoms with Crippen molar-refractivity contribution in [3.05, 3.63) is 30.0 Å². The van der Waals surface area contributed by atoms with Crippen molar-refractivity contribution >= 4 is 22.8 Å². The van der Waals surface area contributed by atoms with Gasteiger partial charge < -0.3 is 9.64 Å². The fourth-order valence-electron chi connectivity index (χ4n) is 1.91. The molecule has 0 aliphatic rings. The minimum atomic E-state index is -0.224. The van der Waals surface area contributed by atoms with Crippen molar-refractivity contribution in [1.29, 1.82) is 0 Å². The smallest absolute Gasteiger partial charge is 0.307 e. The van der Waals surface area contributed by atoms with E-state index in [1.807, 2.05) is 43.1 Å². The highest BCUT2D eigenvalue weighted by atomic mass is 16.5. The third-order valence-corrected chi connectivity index (χ3v) is 2.96. The molecular weight excluding hydrogens is 242 g/mol. The van der Waals surface area contributed by atoms with E-state index < -0.39 is 0 Å². The van der Waals surface area contributed by atoms with Crippen molar-refractivity contribution in [2.24, 2.45) is 0 Å². The number of methoxy groups -OCH3 is 1. The van der Waals surface area contributed by atoms with Crippen molar-refractivity contribution in [3.63, 3.8) is 0 Å². The Hall–Kier alpha value is -2.17. The summed E-state index contributed by atoms with van der Waals surface area (Å²) in [6.07, 6.45) is 0.334. The Labute approximate surface area is 112 Å². The maximum absolute atomic E-state index is 11.2. The number of carbonyl (C=O) groups is 1. The summed E-state index contributed by atoms with van der Waals surface area (Å²) in [5.74, 6) is 0.570. The number of hydrogen-bond acceptors (Lipinski definition) is 5. The molecule has 0 bridgehead atoms. The quantitative estimate of drug-likeness (QED) is 0.785. The highest BCUT2D eigenvalue weighted by Crippen LogP contribution is 2.18. The van der Waals surface area contributed by atoms with Gasteiger partial charge in [0.25, 0.3) is 0 Å². The van der Waals surface area contributed by atoms with Crippen molar-refractivity contribution in [2.45, 2.75) is 13.3 Å². The summed E-state index contributed by atoms with van der Waals surface area (Å²) in [5.41, 5.74) is 2.59. The molecule has 0 N–H and O–H groups in total. The normalized spacial score (nSPS) is 10.5. The van der Waals surface area contributed by atoms with Gasteiger partial charge >= 0.3 is 5.97 Å². The Bertz CT molecular complexity index is 598. The van der Waals surface area contributed by atoms with Crippen molar-refractivity contribution < 1.29 is 9.53 Å². The number of benzene rings is 1. The average Bonchev–Trinajstić information content (AvgIpc) is 2.43. The van der Waals surface area contributed by atoms with Crippen molar-refractivity contribution in [3.8, 4) is 0 Å². The molecule has 0 aliphatic carbocycles. The SMILES string of the molecule is COC(=O)CCN(C)c1nc2ccccc2nc1C. The van der Waals surface area contributed by atoms with E-state index in [4.69, 9.17) is 0 Å². The van der Waals surface area contributed by atoms with E-state index in [1.54, 1.807) is 0 Å². The number of nitrogens with zero attached hydrogens (tertiary/aromatic N) is 3. The first-order valence-corrected chi connectivity index (χ1v) is 6.13. The van der Waals surface area contributed by atoms with Crippen LogP contribution >= 0.6 is 0 Å². The van der Waals surface area contributed by atoms with Crippen LogP contribution in [0.3, 0.4) is 0 Å². The molecule has 0 unspecified atom stereocenters. The van der Waals surface area contributed by atoms with Crippen LogP contribution < -0.4 is 4.90 Å². The van der Waals surface area contributed by atoms with E-state index in [0.29, 0.717) is 13.0 Å². The zero-order chi connectivity index (χ0) is 13.8. The number of hydrogen-bond donors (Lipinski definition) is 0. The van der Waals surface area contributed by atoms with Gasteiger partial charge in [0.1, 0.15) is 0 Å². The van der Waals surface area contributed by atoms with Gasteiger partial charge in [-0.2, -0.15) is 0 Å². The standard InChI is InChI=1S/C14H17N3O2/c1-10-14(17(2)9-8-13(18)19-3)16-12-7-5-4-6-11(12)15-10/h4-7H,8-9H2,1-3H3. The molecule has 0 saturated heterocycles. The van der Waals surface area contributed by atoms with E-state index >= 15 is 0 Å². The maximum atomic E-state index is 11.2. The van der Waals surface area contributed by atoms with E-state index in [2.05, 4.69) is 14.7 Å². The molecule has 0 amide bonds. The topological polar surface area (TPSA) is 55.3 Å². The molecule has 0 spiro atoms. The molecule has 1 heterocycles. The third kappa shape index (κ3) is 2.99. The molecule has 2 rings (SSSR count). The van der Waals surface area contributed by atoms with Gasteiger partial charge in [0.15, 0.2) is 5.82 Å². The molecular formula is C14H17N3O2. The molecule has 100 valence electrons. The van der Waals surface area contributed by atoms with Crippen LogP contribution in [0.4, 0.5) is 5.82 Å². The van der Waals surface area contributed by atoms with Crippen LogP contribution in [0.2, 0.25) is 0 Å². The largest absolute Gasteiger partial charge is 0.469 e. The summed E-state index contributed by atoms with van der Waals surface area (Å²) in [5, 5.41) is 0. The van der Waals surface area contributed by atoms with E-state index in [9.17, 15) is 4.79 Å². The van der Waals surface area contributed by atoms with E-state index in [0.717, 1.165) is 22.5 Å². The Morgan fingerprint density at radius 3 is 2.53 bits per heavy atom. The number of esters is 1. The molecule has 0 saturated carbocycles. The molecule has 1 aromatic heterocycles. The summed E-state index contributed by atoms with van der Waals surface area (Å²) in [7, 11) is 3.29. The van der Waals surface area contributed by atoms with Gasteiger partial charge in [-0.1, -0.05) is 12.1 Å². The maximum Gasteiger partial charge on any atom is 0.307 e. The minimum Gasteiger partial charge on any atom is -0.469 e. The number of anilines is 1. The number of aromatic nitrogens is 2. The molecule has 19 heavy (non-hydrogen) atoms. The van der Waals surface area contributed by atoms with Gasteiger partial charge in [0, 0.05) is 13.6 Å². The van der Waals surface area contributed by atoms with Gasteiger partial charge in [-0.05, 0) is 19.1 Å². The van der Waals surface area contributed by atoms with E-state index in [-0.39, 0.29) is 5.97 Å². The van der Waals surface area contributed by atoms with Crippen LogP contribution in [0.25, 0.3) is 11.0 Å². The zero-order valence-corrected chi connectivity index (χ0v) is 11.4. The lowest BCUT2D eigenvalue weighted by Gasteiger charge is -2.19. The third-order valence-electron chi connectivity index (χ3n) is 2.96. The summed E-state index contributed by atoms with van der Waals surface area (Å²) < 4.78 is 4.64. The summed E-state index contributed by atoms with van der Waals surface area (Å²) in [6, 6.07) is 7.74.